The van der Waals surface area contributed by atoms with Gasteiger partial charge in [0.2, 0.25) is 11.7 Å². The number of H-pyrrole nitrogens is 1. The Hall–Kier alpha value is -4.19. The molecule has 0 fully saturated rings. The van der Waals surface area contributed by atoms with E-state index in [-0.39, 0.29) is 16.6 Å². The Morgan fingerprint density at radius 2 is 1.75 bits per heavy atom. The van der Waals surface area contributed by atoms with Gasteiger partial charge in [-0.1, -0.05) is 23.4 Å². The number of anilines is 2. The van der Waals surface area contributed by atoms with Crippen molar-refractivity contribution in [3.05, 3.63) is 82.2 Å². The number of sulfonamides is 1. The predicted molar refractivity (Wildman–Crippen MR) is 115 cm³/mol. The third-order valence-corrected chi connectivity index (χ3v) is 5.99. The number of rotatable bonds is 6. The van der Waals surface area contributed by atoms with Crippen molar-refractivity contribution in [2.75, 3.05) is 10.0 Å². The van der Waals surface area contributed by atoms with E-state index in [2.05, 4.69) is 25.3 Å². The molecule has 12 heteroatoms. The fraction of sp³-hybridized carbons (Fsp3) is 0.100. The van der Waals surface area contributed by atoms with Crippen molar-refractivity contribution in [2.24, 2.45) is 0 Å². The molecule has 2 aromatic heterocycles. The summed E-state index contributed by atoms with van der Waals surface area (Å²) in [6.07, 6.45) is 0. The van der Waals surface area contributed by atoms with Crippen LogP contribution in [0.4, 0.5) is 11.6 Å². The van der Waals surface area contributed by atoms with Crippen LogP contribution in [0.25, 0.3) is 5.69 Å². The van der Waals surface area contributed by atoms with Gasteiger partial charge in [-0.2, -0.15) is 4.68 Å². The normalized spacial score (nSPS) is 11.3. The number of carbonyl (C=O) groups is 1. The standard InChI is InChI=1S/C20H18N6O5S/c1-12-13(2)24-31-19(12)25-32(29,30)16-10-8-14(9-11-16)21-18(27)17-22-20(28)26(23-17)15-6-4-3-5-7-15/h3-11,25H,1-2H3,(H,21,27)(H,22,23,28). The number of carbonyl (C=O) groups excluding carboxylic acids is 1. The molecule has 2 heterocycles. The topological polar surface area (TPSA) is 152 Å². The highest BCUT2D eigenvalue weighted by Crippen LogP contribution is 2.22. The number of hydrogen-bond donors (Lipinski definition) is 3. The van der Waals surface area contributed by atoms with Crippen LogP contribution in [0, 0.1) is 13.8 Å². The van der Waals surface area contributed by atoms with Gasteiger partial charge in [-0.05, 0) is 50.2 Å². The summed E-state index contributed by atoms with van der Waals surface area (Å²) in [4.78, 5) is 26.9. The minimum absolute atomic E-state index is 0.0364. The smallest absolute Gasteiger partial charge is 0.337 e. The second-order valence-electron chi connectivity index (χ2n) is 6.83. The zero-order chi connectivity index (χ0) is 22.9. The number of para-hydroxylation sites is 1. The highest BCUT2D eigenvalue weighted by molar-refractivity contribution is 7.92. The van der Waals surface area contributed by atoms with E-state index in [9.17, 15) is 18.0 Å². The summed E-state index contributed by atoms with van der Waals surface area (Å²) in [5, 5.41) is 10.3. The average molecular weight is 454 g/mol. The average Bonchev–Trinajstić information content (AvgIpc) is 3.32. The van der Waals surface area contributed by atoms with E-state index < -0.39 is 21.6 Å². The van der Waals surface area contributed by atoms with Gasteiger partial charge in [0, 0.05) is 11.3 Å². The predicted octanol–water partition coefficient (Wildman–Crippen LogP) is 2.22. The molecule has 0 radical (unpaired) electrons. The lowest BCUT2D eigenvalue weighted by Gasteiger charge is -2.07. The zero-order valence-electron chi connectivity index (χ0n) is 17.0. The summed E-state index contributed by atoms with van der Waals surface area (Å²) < 4.78 is 33.5. The quantitative estimate of drug-likeness (QED) is 0.404. The number of nitrogens with zero attached hydrogens (tertiary/aromatic N) is 3. The lowest BCUT2D eigenvalue weighted by molar-refractivity contribution is 0.101. The Morgan fingerprint density at radius 1 is 1.06 bits per heavy atom. The van der Waals surface area contributed by atoms with Crippen LogP contribution in [-0.2, 0) is 10.0 Å². The summed E-state index contributed by atoms with van der Waals surface area (Å²) in [5.74, 6) is -0.801. The third-order valence-electron chi connectivity index (χ3n) is 4.64. The minimum atomic E-state index is -3.91. The van der Waals surface area contributed by atoms with E-state index in [1.807, 2.05) is 0 Å². The van der Waals surface area contributed by atoms with Crippen molar-refractivity contribution in [3.8, 4) is 5.69 Å². The molecule has 0 spiro atoms. The molecule has 4 aromatic rings. The van der Waals surface area contributed by atoms with Gasteiger partial charge in [-0.25, -0.2) is 17.9 Å². The van der Waals surface area contributed by atoms with Crippen LogP contribution in [0.1, 0.15) is 21.9 Å². The van der Waals surface area contributed by atoms with Crippen LogP contribution in [0.15, 0.2) is 68.8 Å². The van der Waals surface area contributed by atoms with Crippen molar-refractivity contribution >= 4 is 27.5 Å². The van der Waals surface area contributed by atoms with Gasteiger partial charge in [0.15, 0.2) is 0 Å². The largest absolute Gasteiger partial charge is 0.348 e. The molecule has 0 unspecified atom stereocenters. The third kappa shape index (κ3) is 4.16. The number of aromatic amines is 1. The maximum Gasteiger partial charge on any atom is 0.348 e. The lowest BCUT2D eigenvalue weighted by Crippen LogP contribution is -2.16. The van der Waals surface area contributed by atoms with Gasteiger partial charge in [0.05, 0.1) is 16.3 Å². The van der Waals surface area contributed by atoms with E-state index in [0.29, 0.717) is 22.6 Å². The van der Waals surface area contributed by atoms with Crippen molar-refractivity contribution < 1.29 is 17.7 Å². The van der Waals surface area contributed by atoms with Crippen LogP contribution in [0.2, 0.25) is 0 Å². The molecule has 0 saturated carbocycles. The number of benzene rings is 2. The van der Waals surface area contributed by atoms with Crippen molar-refractivity contribution in [3.63, 3.8) is 0 Å². The molecule has 0 saturated heterocycles. The van der Waals surface area contributed by atoms with Gasteiger partial charge < -0.3 is 9.84 Å². The van der Waals surface area contributed by atoms with Crippen molar-refractivity contribution in [2.45, 2.75) is 18.7 Å². The molecule has 2 aromatic carbocycles. The minimum Gasteiger partial charge on any atom is -0.337 e. The second-order valence-corrected chi connectivity index (χ2v) is 8.51. The van der Waals surface area contributed by atoms with Crippen molar-refractivity contribution in [1.82, 2.24) is 19.9 Å². The fourth-order valence-corrected chi connectivity index (χ4v) is 3.82. The summed E-state index contributed by atoms with van der Waals surface area (Å²) in [6.45, 7) is 3.38. The van der Waals surface area contributed by atoms with Gasteiger partial charge in [0.1, 0.15) is 0 Å². The number of amides is 1. The molecule has 32 heavy (non-hydrogen) atoms. The molecule has 3 N–H and O–H groups in total. The Labute approximate surface area is 182 Å². The van der Waals surface area contributed by atoms with Crippen LogP contribution in [0.5, 0.6) is 0 Å². The molecule has 0 atom stereocenters. The molecule has 11 nitrogen and oxygen atoms in total. The van der Waals surface area contributed by atoms with Crippen LogP contribution in [-0.4, -0.2) is 34.2 Å². The molecule has 0 bridgehead atoms. The molecule has 1 amide bonds. The first-order chi connectivity index (χ1) is 15.2. The fourth-order valence-electron chi connectivity index (χ4n) is 2.77. The number of aryl methyl sites for hydroxylation is 1. The molecule has 0 aliphatic rings. The SMILES string of the molecule is Cc1noc(NS(=O)(=O)c2ccc(NC(=O)c3nn(-c4ccccc4)c(=O)[nH]3)cc2)c1C. The molecular weight excluding hydrogens is 436 g/mol. The molecular formula is C20H18N6O5S. The van der Waals surface area contributed by atoms with E-state index in [1.54, 1.807) is 44.2 Å². The number of aromatic nitrogens is 4. The van der Waals surface area contributed by atoms with Gasteiger partial charge in [0.25, 0.3) is 15.9 Å². The first-order valence-electron chi connectivity index (χ1n) is 9.36. The molecule has 4 rings (SSSR count). The highest BCUT2D eigenvalue weighted by atomic mass is 32.2. The molecule has 0 aliphatic heterocycles. The molecule has 0 aliphatic carbocycles. The Kier molecular flexibility index (Phi) is 5.36. The van der Waals surface area contributed by atoms with E-state index in [1.165, 1.54) is 24.3 Å². The van der Waals surface area contributed by atoms with Crippen LogP contribution >= 0.6 is 0 Å². The summed E-state index contributed by atoms with van der Waals surface area (Å²) in [7, 11) is -3.91. The number of hydrogen-bond acceptors (Lipinski definition) is 7. The highest BCUT2D eigenvalue weighted by Gasteiger charge is 2.20. The summed E-state index contributed by atoms with van der Waals surface area (Å²) in [6, 6.07) is 14.1. The first-order valence-corrected chi connectivity index (χ1v) is 10.8. The van der Waals surface area contributed by atoms with Crippen LogP contribution < -0.4 is 15.7 Å². The Morgan fingerprint density at radius 3 is 2.38 bits per heavy atom. The first kappa shape index (κ1) is 21.1. The van der Waals surface area contributed by atoms with E-state index >= 15 is 0 Å². The number of nitrogens with one attached hydrogen (secondary N) is 3. The van der Waals surface area contributed by atoms with E-state index in [0.717, 1.165) is 4.68 Å². The lowest BCUT2D eigenvalue weighted by atomic mass is 10.3. The van der Waals surface area contributed by atoms with Gasteiger partial charge in [-0.15, -0.1) is 5.10 Å². The monoisotopic (exact) mass is 454 g/mol. The maximum atomic E-state index is 12.6. The van der Waals surface area contributed by atoms with E-state index in [4.69, 9.17) is 4.52 Å². The summed E-state index contributed by atoms with van der Waals surface area (Å²) in [5.41, 5.74) is 1.42. The maximum absolute atomic E-state index is 12.6. The zero-order valence-corrected chi connectivity index (χ0v) is 17.8. The summed E-state index contributed by atoms with van der Waals surface area (Å²) >= 11 is 0. The second kappa shape index (κ2) is 8.15. The molecule has 164 valence electrons. The van der Waals surface area contributed by atoms with Crippen molar-refractivity contribution in [1.29, 1.82) is 0 Å². The van der Waals surface area contributed by atoms with Gasteiger partial charge in [-0.3, -0.25) is 9.78 Å². The van der Waals surface area contributed by atoms with Crippen LogP contribution in [0.3, 0.4) is 0 Å². The Bertz CT molecular complexity index is 1440. The Balaban J connectivity index is 1.49. The van der Waals surface area contributed by atoms with Gasteiger partial charge >= 0.3 is 5.69 Å².